The molecular formula is C9H16N2O. The van der Waals surface area contributed by atoms with E-state index in [1.807, 2.05) is 6.92 Å². The van der Waals surface area contributed by atoms with Crippen LogP contribution in [-0.4, -0.2) is 18.5 Å². The number of carbonyl (C=O) groups is 1. The van der Waals surface area contributed by atoms with Crippen molar-refractivity contribution < 1.29 is 4.79 Å². The van der Waals surface area contributed by atoms with Gasteiger partial charge in [0.1, 0.15) is 0 Å². The lowest BCUT2D eigenvalue weighted by atomic mass is 10.1. The molecule has 1 amide bonds. The number of nitrogens with one attached hydrogen (secondary N) is 1. The molecule has 0 bridgehead atoms. The normalized spacial score (nSPS) is 11.8. The maximum absolute atomic E-state index is 11.1. The molecule has 0 aliphatic rings. The van der Waals surface area contributed by atoms with Crippen LogP contribution in [0.2, 0.25) is 0 Å². The second-order valence-electron chi connectivity index (χ2n) is 2.80. The van der Waals surface area contributed by atoms with Gasteiger partial charge in [0.25, 0.3) is 0 Å². The monoisotopic (exact) mass is 168 g/mol. The molecule has 0 saturated heterocycles. The first-order valence-corrected chi connectivity index (χ1v) is 3.86. The summed E-state index contributed by atoms with van der Waals surface area (Å²) < 4.78 is 0. The van der Waals surface area contributed by atoms with Crippen molar-refractivity contribution in [3.05, 3.63) is 24.8 Å². The quantitative estimate of drug-likeness (QED) is 0.590. The van der Waals surface area contributed by atoms with Crippen LogP contribution < -0.4 is 11.1 Å². The number of hydrogen-bond acceptors (Lipinski definition) is 2. The first-order chi connectivity index (χ1) is 5.57. The third kappa shape index (κ3) is 4.68. The molecule has 0 aliphatic heterocycles. The van der Waals surface area contributed by atoms with Crippen molar-refractivity contribution in [2.45, 2.75) is 19.4 Å². The molecule has 0 aliphatic carbocycles. The predicted octanol–water partition coefficient (Wildman–Crippen LogP) is 0.582. The van der Waals surface area contributed by atoms with Gasteiger partial charge in [-0.3, -0.25) is 4.79 Å². The molecule has 0 aromatic rings. The zero-order chi connectivity index (χ0) is 9.56. The fourth-order valence-corrected chi connectivity index (χ4v) is 0.772. The standard InChI is InChI=1S/C9H16N2O/c1-4-5-11-9(12)8(10)6-7(2)3/h4,8H,1-2,5-6,10H2,3H3,(H,11,12)/t8-/m0/s1. The van der Waals surface area contributed by atoms with Crippen LogP contribution in [0.3, 0.4) is 0 Å². The Balaban J connectivity index is 3.76. The zero-order valence-electron chi connectivity index (χ0n) is 7.47. The highest BCUT2D eigenvalue weighted by molar-refractivity contribution is 5.81. The van der Waals surface area contributed by atoms with E-state index in [9.17, 15) is 4.79 Å². The number of carbonyl (C=O) groups excluding carboxylic acids is 1. The Morgan fingerprint density at radius 1 is 1.75 bits per heavy atom. The molecule has 3 nitrogen and oxygen atoms in total. The van der Waals surface area contributed by atoms with Crippen LogP contribution in [0.4, 0.5) is 0 Å². The van der Waals surface area contributed by atoms with E-state index >= 15 is 0 Å². The minimum atomic E-state index is -0.484. The van der Waals surface area contributed by atoms with Gasteiger partial charge in [-0.25, -0.2) is 0 Å². The van der Waals surface area contributed by atoms with Crippen molar-refractivity contribution in [2.24, 2.45) is 5.73 Å². The van der Waals surface area contributed by atoms with Gasteiger partial charge in [0.2, 0.25) is 5.91 Å². The van der Waals surface area contributed by atoms with Gasteiger partial charge in [0.05, 0.1) is 6.04 Å². The third-order valence-corrected chi connectivity index (χ3v) is 1.33. The van der Waals surface area contributed by atoms with Gasteiger partial charge in [-0.15, -0.1) is 13.2 Å². The maximum atomic E-state index is 11.1. The van der Waals surface area contributed by atoms with Crippen molar-refractivity contribution in [3.63, 3.8) is 0 Å². The first kappa shape index (κ1) is 10.9. The van der Waals surface area contributed by atoms with E-state index < -0.39 is 6.04 Å². The average Bonchev–Trinajstić information content (AvgIpc) is 1.98. The lowest BCUT2D eigenvalue weighted by Gasteiger charge is -2.10. The maximum Gasteiger partial charge on any atom is 0.237 e. The van der Waals surface area contributed by atoms with E-state index in [1.54, 1.807) is 6.08 Å². The highest BCUT2D eigenvalue weighted by Crippen LogP contribution is 1.98. The van der Waals surface area contributed by atoms with Crippen molar-refractivity contribution in [1.29, 1.82) is 0 Å². The summed E-state index contributed by atoms with van der Waals surface area (Å²) in [5, 5.41) is 2.61. The van der Waals surface area contributed by atoms with E-state index in [-0.39, 0.29) is 5.91 Å². The summed E-state index contributed by atoms with van der Waals surface area (Å²) in [6.45, 7) is 9.47. The summed E-state index contributed by atoms with van der Waals surface area (Å²) in [7, 11) is 0. The Hall–Kier alpha value is -1.09. The fourth-order valence-electron chi connectivity index (χ4n) is 0.772. The molecule has 0 saturated carbocycles. The summed E-state index contributed by atoms with van der Waals surface area (Å²) in [6, 6.07) is -0.484. The summed E-state index contributed by atoms with van der Waals surface area (Å²) in [4.78, 5) is 11.1. The molecule has 1 atom stereocenters. The van der Waals surface area contributed by atoms with Crippen LogP contribution in [0, 0.1) is 0 Å². The second-order valence-corrected chi connectivity index (χ2v) is 2.80. The minimum absolute atomic E-state index is 0.155. The van der Waals surface area contributed by atoms with Gasteiger partial charge < -0.3 is 11.1 Å². The minimum Gasteiger partial charge on any atom is -0.351 e. The molecule has 0 aromatic heterocycles. The van der Waals surface area contributed by atoms with Crippen LogP contribution in [0.1, 0.15) is 13.3 Å². The molecule has 3 N–H and O–H groups in total. The Labute approximate surface area is 73.3 Å². The third-order valence-electron chi connectivity index (χ3n) is 1.33. The zero-order valence-corrected chi connectivity index (χ0v) is 7.47. The summed E-state index contributed by atoms with van der Waals surface area (Å²) in [5.74, 6) is -0.155. The predicted molar refractivity (Wildman–Crippen MR) is 50.6 cm³/mol. The van der Waals surface area contributed by atoms with Gasteiger partial charge in [0.15, 0.2) is 0 Å². The number of amides is 1. The molecule has 0 fully saturated rings. The van der Waals surface area contributed by atoms with Crippen LogP contribution in [0.25, 0.3) is 0 Å². The lowest BCUT2D eigenvalue weighted by molar-refractivity contribution is -0.122. The van der Waals surface area contributed by atoms with E-state index in [0.29, 0.717) is 13.0 Å². The molecule has 12 heavy (non-hydrogen) atoms. The SMILES string of the molecule is C=CCNC(=O)[C@@H](N)CC(=C)C. The highest BCUT2D eigenvalue weighted by atomic mass is 16.2. The second kappa shape index (κ2) is 5.55. The number of rotatable bonds is 5. The Bertz CT molecular complexity index is 187. The number of nitrogens with two attached hydrogens (primary N) is 1. The number of hydrogen-bond donors (Lipinski definition) is 2. The smallest absolute Gasteiger partial charge is 0.237 e. The van der Waals surface area contributed by atoms with E-state index in [2.05, 4.69) is 18.5 Å². The summed E-state index contributed by atoms with van der Waals surface area (Å²) in [6.07, 6.45) is 2.15. The molecular weight excluding hydrogens is 152 g/mol. The summed E-state index contributed by atoms with van der Waals surface area (Å²) in [5.41, 5.74) is 6.46. The first-order valence-electron chi connectivity index (χ1n) is 3.86. The van der Waals surface area contributed by atoms with E-state index in [1.165, 1.54) is 0 Å². The fraction of sp³-hybridized carbons (Fsp3) is 0.444. The highest BCUT2D eigenvalue weighted by Gasteiger charge is 2.11. The largest absolute Gasteiger partial charge is 0.351 e. The van der Waals surface area contributed by atoms with E-state index in [4.69, 9.17) is 5.73 Å². The molecule has 0 aromatic carbocycles. The van der Waals surface area contributed by atoms with Gasteiger partial charge >= 0.3 is 0 Å². The molecule has 0 unspecified atom stereocenters. The van der Waals surface area contributed by atoms with Crippen LogP contribution in [0.5, 0.6) is 0 Å². The van der Waals surface area contributed by atoms with Gasteiger partial charge in [-0.05, 0) is 13.3 Å². The summed E-state index contributed by atoms with van der Waals surface area (Å²) >= 11 is 0. The molecule has 0 heterocycles. The Kier molecular flexibility index (Phi) is 5.04. The Morgan fingerprint density at radius 2 is 2.33 bits per heavy atom. The van der Waals surface area contributed by atoms with Gasteiger partial charge in [-0.1, -0.05) is 11.6 Å². The lowest BCUT2D eigenvalue weighted by Crippen LogP contribution is -2.40. The molecule has 0 rings (SSSR count). The molecule has 68 valence electrons. The van der Waals surface area contributed by atoms with E-state index in [0.717, 1.165) is 5.57 Å². The van der Waals surface area contributed by atoms with Crippen molar-refractivity contribution in [2.75, 3.05) is 6.54 Å². The van der Waals surface area contributed by atoms with Gasteiger partial charge in [-0.2, -0.15) is 0 Å². The van der Waals surface area contributed by atoms with Crippen LogP contribution in [-0.2, 0) is 4.79 Å². The topological polar surface area (TPSA) is 55.1 Å². The Morgan fingerprint density at radius 3 is 2.75 bits per heavy atom. The van der Waals surface area contributed by atoms with Crippen LogP contribution in [0.15, 0.2) is 24.8 Å². The van der Waals surface area contributed by atoms with Crippen LogP contribution >= 0.6 is 0 Å². The molecule has 0 spiro atoms. The van der Waals surface area contributed by atoms with Crippen molar-refractivity contribution >= 4 is 5.91 Å². The van der Waals surface area contributed by atoms with Crippen molar-refractivity contribution in [1.82, 2.24) is 5.32 Å². The molecule has 0 radical (unpaired) electrons. The molecule has 3 heteroatoms. The van der Waals surface area contributed by atoms with Gasteiger partial charge in [0, 0.05) is 6.54 Å². The average molecular weight is 168 g/mol. The van der Waals surface area contributed by atoms with Crippen molar-refractivity contribution in [3.8, 4) is 0 Å².